The molecule has 0 spiro atoms. The van der Waals surface area contributed by atoms with E-state index in [1.165, 1.54) is 5.56 Å². The third kappa shape index (κ3) is 3.18. The first-order valence-electron chi connectivity index (χ1n) is 7.59. The maximum Gasteiger partial charge on any atom is 0.248 e. The van der Waals surface area contributed by atoms with E-state index in [1.54, 1.807) is 24.3 Å². The molecule has 1 atom stereocenters. The summed E-state index contributed by atoms with van der Waals surface area (Å²) in [5.41, 5.74) is 8.68. The second kappa shape index (κ2) is 6.12. The van der Waals surface area contributed by atoms with Gasteiger partial charge in [0.2, 0.25) is 11.8 Å². The van der Waals surface area contributed by atoms with Crippen molar-refractivity contribution >= 4 is 23.2 Å². The number of hydrogen-bond donors (Lipinski definition) is 2. The van der Waals surface area contributed by atoms with E-state index in [9.17, 15) is 9.59 Å². The van der Waals surface area contributed by atoms with Crippen molar-refractivity contribution in [3.63, 3.8) is 0 Å². The highest BCUT2D eigenvalue weighted by Gasteiger charge is 2.26. The molecular weight excluding hydrogens is 290 g/mol. The van der Waals surface area contributed by atoms with E-state index in [-0.39, 0.29) is 5.91 Å². The smallest absolute Gasteiger partial charge is 0.248 e. The summed E-state index contributed by atoms with van der Waals surface area (Å²) in [6.45, 7) is 2.42. The molecular formula is C18H19N3O2. The number of hydrogen-bond acceptors (Lipinski definition) is 3. The molecule has 0 fully saturated rings. The highest BCUT2D eigenvalue weighted by molar-refractivity contribution is 5.96. The molecule has 0 aromatic heterocycles. The van der Waals surface area contributed by atoms with Gasteiger partial charge in [-0.25, -0.2) is 0 Å². The average Bonchev–Trinajstić information content (AvgIpc) is 2.84. The molecule has 2 amide bonds. The van der Waals surface area contributed by atoms with Crippen molar-refractivity contribution in [3.05, 3.63) is 59.7 Å². The Hall–Kier alpha value is -2.82. The Bertz CT molecular complexity index is 740. The third-order valence-electron chi connectivity index (χ3n) is 4.12. The predicted octanol–water partition coefficient (Wildman–Crippen LogP) is 2.18. The number of primary amides is 1. The first-order valence-corrected chi connectivity index (χ1v) is 7.59. The lowest BCUT2D eigenvalue weighted by atomic mass is 10.1. The van der Waals surface area contributed by atoms with Crippen molar-refractivity contribution in [2.24, 2.45) is 5.73 Å². The maximum atomic E-state index is 12.3. The Morgan fingerprint density at radius 1 is 1.17 bits per heavy atom. The topological polar surface area (TPSA) is 75.4 Å². The standard InChI is InChI=1S/C18H19N3O2/c1-12-10-14-4-2-3-5-16(14)21(12)11-17(22)20-15-8-6-13(7-9-15)18(19)23/h2-9,12H,10-11H2,1H3,(H2,19,23)(H,20,22)/t12-/m0/s1. The van der Waals surface area contributed by atoms with E-state index < -0.39 is 5.91 Å². The molecule has 2 aromatic carbocycles. The van der Waals surface area contributed by atoms with E-state index in [0.717, 1.165) is 12.1 Å². The van der Waals surface area contributed by atoms with Gasteiger partial charge in [0.1, 0.15) is 0 Å². The van der Waals surface area contributed by atoms with Gasteiger partial charge < -0.3 is 16.0 Å². The van der Waals surface area contributed by atoms with Crippen LogP contribution in [0.2, 0.25) is 0 Å². The SMILES string of the molecule is C[C@H]1Cc2ccccc2N1CC(=O)Nc1ccc(C(N)=O)cc1. The van der Waals surface area contributed by atoms with Gasteiger partial charge in [0, 0.05) is 23.0 Å². The number of nitrogens with two attached hydrogens (primary N) is 1. The van der Waals surface area contributed by atoms with Crippen LogP contribution in [0, 0.1) is 0 Å². The molecule has 118 valence electrons. The predicted molar refractivity (Wildman–Crippen MR) is 90.5 cm³/mol. The molecule has 5 heteroatoms. The maximum absolute atomic E-state index is 12.3. The molecule has 1 aliphatic rings. The third-order valence-corrected chi connectivity index (χ3v) is 4.12. The van der Waals surface area contributed by atoms with Gasteiger partial charge in [0.15, 0.2) is 0 Å². The summed E-state index contributed by atoms with van der Waals surface area (Å²) in [5, 5.41) is 2.85. The van der Waals surface area contributed by atoms with Gasteiger partial charge in [-0.3, -0.25) is 9.59 Å². The van der Waals surface area contributed by atoms with Crippen LogP contribution in [0.15, 0.2) is 48.5 Å². The van der Waals surface area contributed by atoms with Gasteiger partial charge in [-0.15, -0.1) is 0 Å². The summed E-state index contributed by atoms with van der Waals surface area (Å²) in [6.07, 6.45) is 0.955. The lowest BCUT2D eigenvalue weighted by molar-refractivity contribution is -0.115. The van der Waals surface area contributed by atoms with Crippen LogP contribution < -0.4 is 16.0 Å². The molecule has 0 radical (unpaired) electrons. The quantitative estimate of drug-likeness (QED) is 0.909. The van der Waals surface area contributed by atoms with Crippen molar-refractivity contribution in [1.82, 2.24) is 0 Å². The van der Waals surface area contributed by atoms with Gasteiger partial charge in [-0.2, -0.15) is 0 Å². The summed E-state index contributed by atoms with van der Waals surface area (Å²) in [4.78, 5) is 25.5. The minimum absolute atomic E-state index is 0.0830. The number of carbonyl (C=O) groups is 2. The van der Waals surface area contributed by atoms with Gasteiger partial charge in [0.25, 0.3) is 0 Å². The van der Waals surface area contributed by atoms with Crippen LogP contribution in [0.4, 0.5) is 11.4 Å². The molecule has 1 heterocycles. The zero-order valence-corrected chi connectivity index (χ0v) is 13.0. The zero-order chi connectivity index (χ0) is 16.4. The summed E-state index contributed by atoms with van der Waals surface area (Å²) < 4.78 is 0. The highest BCUT2D eigenvalue weighted by Crippen LogP contribution is 2.31. The minimum atomic E-state index is -0.481. The molecule has 0 saturated carbocycles. The Morgan fingerprint density at radius 2 is 1.87 bits per heavy atom. The van der Waals surface area contributed by atoms with E-state index in [1.807, 2.05) is 18.2 Å². The first kappa shape index (κ1) is 15.1. The number of amides is 2. The van der Waals surface area contributed by atoms with E-state index in [2.05, 4.69) is 23.2 Å². The lowest BCUT2D eigenvalue weighted by Crippen LogP contribution is -2.37. The molecule has 3 N–H and O–H groups in total. The van der Waals surface area contributed by atoms with Crippen LogP contribution in [0.3, 0.4) is 0 Å². The second-order valence-corrected chi connectivity index (χ2v) is 5.80. The second-order valence-electron chi connectivity index (χ2n) is 5.80. The fourth-order valence-corrected chi connectivity index (χ4v) is 2.94. The number of fused-ring (bicyclic) bond motifs is 1. The van der Waals surface area contributed by atoms with Crippen LogP contribution >= 0.6 is 0 Å². The molecule has 0 saturated heterocycles. The lowest BCUT2D eigenvalue weighted by Gasteiger charge is -2.24. The Morgan fingerprint density at radius 3 is 2.57 bits per heavy atom. The van der Waals surface area contributed by atoms with Crippen molar-refractivity contribution in [2.45, 2.75) is 19.4 Å². The monoisotopic (exact) mass is 309 g/mol. The van der Waals surface area contributed by atoms with Gasteiger partial charge in [-0.1, -0.05) is 18.2 Å². The number of rotatable bonds is 4. The van der Waals surface area contributed by atoms with E-state index in [0.29, 0.717) is 23.8 Å². The number of nitrogens with one attached hydrogen (secondary N) is 1. The number of carbonyl (C=O) groups excluding carboxylic acids is 2. The molecule has 5 nitrogen and oxygen atoms in total. The van der Waals surface area contributed by atoms with Crippen LogP contribution in [-0.4, -0.2) is 24.4 Å². The molecule has 23 heavy (non-hydrogen) atoms. The Labute approximate surface area is 135 Å². The molecule has 1 aliphatic heterocycles. The molecule has 2 aromatic rings. The zero-order valence-electron chi connectivity index (χ0n) is 13.0. The summed E-state index contributed by atoms with van der Waals surface area (Å²) >= 11 is 0. The number of anilines is 2. The van der Waals surface area contributed by atoms with Crippen molar-refractivity contribution in [1.29, 1.82) is 0 Å². The largest absolute Gasteiger partial charge is 0.366 e. The molecule has 3 rings (SSSR count). The number of nitrogens with zero attached hydrogens (tertiary/aromatic N) is 1. The summed E-state index contributed by atoms with van der Waals surface area (Å²) in [6, 6.07) is 15.0. The fourth-order valence-electron chi connectivity index (χ4n) is 2.94. The average molecular weight is 309 g/mol. The van der Waals surface area contributed by atoms with Crippen LogP contribution in [0.1, 0.15) is 22.8 Å². The van der Waals surface area contributed by atoms with Gasteiger partial charge in [-0.05, 0) is 49.2 Å². The number of para-hydroxylation sites is 1. The molecule has 0 aliphatic carbocycles. The normalized spacial score (nSPS) is 16.0. The molecule has 0 unspecified atom stereocenters. The van der Waals surface area contributed by atoms with Crippen molar-refractivity contribution in [2.75, 3.05) is 16.8 Å². The fraction of sp³-hybridized carbons (Fsp3) is 0.222. The van der Waals surface area contributed by atoms with Crippen molar-refractivity contribution < 1.29 is 9.59 Å². The van der Waals surface area contributed by atoms with E-state index >= 15 is 0 Å². The highest BCUT2D eigenvalue weighted by atomic mass is 16.2. The minimum Gasteiger partial charge on any atom is -0.366 e. The Balaban J connectivity index is 1.67. The Kier molecular flexibility index (Phi) is 4.02. The van der Waals surface area contributed by atoms with Crippen LogP contribution in [0.5, 0.6) is 0 Å². The van der Waals surface area contributed by atoms with Gasteiger partial charge >= 0.3 is 0 Å². The summed E-state index contributed by atoms with van der Waals surface area (Å²) in [7, 11) is 0. The summed E-state index contributed by atoms with van der Waals surface area (Å²) in [5.74, 6) is -0.564. The first-order chi connectivity index (χ1) is 11.0. The van der Waals surface area contributed by atoms with Crippen molar-refractivity contribution in [3.8, 4) is 0 Å². The number of benzene rings is 2. The molecule has 0 bridgehead atoms. The van der Waals surface area contributed by atoms with Crippen LogP contribution in [0.25, 0.3) is 0 Å². The van der Waals surface area contributed by atoms with Crippen LogP contribution in [-0.2, 0) is 11.2 Å². The van der Waals surface area contributed by atoms with E-state index in [4.69, 9.17) is 5.73 Å². The van der Waals surface area contributed by atoms with Gasteiger partial charge in [0.05, 0.1) is 6.54 Å².